The fourth-order valence-electron chi connectivity index (χ4n) is 0.776. The number of amides is 1. The van der Waals surface area contributed by atoms with Crippen molar-refractivity contribution < 1.29 is 14.3 Å². The molecule has 0 unspecified atom stereocenters. The van der Waals surface area contributed by atoms with Crippen LogP contribution in [0, 0.1) is 0 Å². The number of carbonyl (C=O) groups excluding carboxylic acids is 1. The zero-order valence-electron chi connectivity index (χ0n) is 7.85. The summed E-state index contributed by atoms with van der Waals surface area (Å²) in [4.78, 5) is 11.2. The number of nitrogens with one attached hydrogen (secondary N) is 2. The van der Waals surface area contributed by atoms with E-state index in [2.05, 4.69) is 25.9 Å². The van der Waals surface area contributed by atoms with E-state index in [0.29, 0.717) is 0 Å². The van der Waals surface area contributed by atoms with Crippen LogP contribution in [-0.2, 0) is 9.47 Å². The quantitative estimate of drug-likeness (QED) is 0.565. The van der Waals surface area contributed by atoms with Gasteiger partial charge in [-0.2, -0.15) is 5.21 Å². The molecule has 1 aromatic rings. The Morgan fingerprint density at radius 3 is 2.79 bits per heavy atom. The molecule has 8 nitrogen and oxygen atoms in total. The molecule has 0 aliphatic heterocycles. The molecule has 8 heteroatoms. The van der Waals surface area contributed by atoms with Crippen LogP contribution < -0.4 is 5.32 Å². The van der Waals surface area contributed by atoms with Crippen molar-refractivity contribution in [1.82, 2.24) is 25.9 Å². The smallest absolute Gasteiger partial charge is 0.293 e. The van der Waals surface area contributed by atoms with Crippen molar-refractivity contribution in [3.63, 3.8) is 0 Å². The maximum absolute atomic E-state index is 11.2. The Bertz CT molecular complexity index is 271. The highest BCUT2D eigenvalue weighted by molar-refractivity contribution is 5.89. The third kappa shape index (κ3) is 2.75. The molecule has 0 saturated heterocycles. The van der Waals surface area contributed by atoms with E-state index < -0.39 is 12.2 Å². The second-order valence-corrected chi connectivity index (χ2v) is 2.35. The lowest BCUT2D eigenvalue weighted by molar-refractivity contribution is -0.0974. The first-order chi connectivity index (χ1) is 6.77. The maximum atomic E-state index is 11.2. The van der Waals surface area contributed by atoms with Crippen LogP contribution in [0.5, 0.6) is 0 Å². The van der Waals surface area contributed by atoms with E-state index in [1.165, 1.54) is 14.2 Å². The predicted molar refractivity (Wildman–Crippen MR) is 44.3 cm³/mol. The highest BCUT2D eigenvalue weighted by Crippen LogP contribution is 1.89. The van der Waals surface area contributed by atoms with Crippen molar-refractivity contribution in [2.45, 2.75) is 6.29 Å². The first-order valence-electron chi connectivity index (χ1n) is 3.85. The first-order valence-corrected chi connectivity index (χ1v) is 3.85. The van der Waals surface area contributed by atoms with Gasteiger partial charge in [0.1, 0.15) is 0 Å². The first kappa shape index (κ1) is 10.5. The van der Waals surface area contributed by atoms with Gasteiger partial charge in [-0.05, 0) is 5.21 Å². The molecule has 1 aromatic heterocycles. The molecule has 0 atom stereocenters. The highest BCUT2D eigenvalue weighted by Gasteiger charge is 2.12. The monoisotopic (exact) mass is 201 g/mol. The lowest BCUT2D eigenvalue weighted by atomic mass is 10.5. The summed E-state index contributed by atoms with van der Waals surface area (Å²) in [7, 11) is 2.96. The lowest BCUT2D eigenvalue weighted by Gasteiger charge is -2.12. The molecular formula is C6H11N5O3. The molecule has 0 saturated carbocycles. The molecule has 0 bridgehead atoms. The number of hydrogen-bond acceptors (Lipinski definition) is 6. The van der Waals surface area contributed by atoms with E-state index in [1.54, 1.807) is 0 Å². The summed E-state index contributed by atoms with van der Waals surface area (Å²) >= 11 is 0. The maximum Gasteiger partial charge on any atom is 0.293 e. The van der Waals surface area contributed by atoms with E-state index in [9.17, 15) is 4.79 Å². The minimum atomic E-state index is -0.481. The van der Waals surface area contributed by atoms with Gasteiger partial charge in [0.25, 0.3) is 11.7 Å². The zero-order chi connectivity index (χ0) is 10.4. The summed E-state index contributed by atoms with van der Waals surface area (Å²) in [5, 5.41) is 14.9. The van der Waals surface area contributed by atoms with Crippen molar-refractivity contribution >= 4 is 5.91 Å². The van der Waals surface area contributed by atoms with Crippen molar-refractivity contribution in [2.24, 2.45) is 0 Å². The molecule has 2 N–H and O–H groups in total. The summed E-state index contributed by atoms with van der Waals surface area (Å²) in [5.74, 6) is -0.450. The van der Waals surface area contributed by atoms with Gasteiger partial charge in [0, 0.05) is 14.2 Å². The Hall–Kier alpha value is -1.54. The van der Waals surface area contributed by atoms with E-state index in [4.69, 9.17) is 9.47 Å². The molecule has 0 radical (unpaired) electrons. The Morgan fingerprint density at radius 2 is 2.29 bits per heavy atom. The van der Waals surface area contributed by atoms with Gasteiger partial charge in [-0.1, -0.05) is 0 Å². The van der Waals surface area contributed by atoms with Gasteiger partial charge in [0.15, 0.2) is 6.29 Å². The van der Waals surface area contributed by atoms with Crippen LogP contribution in [-0.4, -0.2) is 53.6 Å². The van der Waals surface area contributed by atoms with Crippen LogP contribution in [0.25, 0.3) is 0 Å². The molecule has 0 aliphatic carbocycles. The van der Waals surface area contributed by atoms with Gasteiger partial charge in [0.2, 0.25) is 0 Å². The largest absolute Gasteiger partial charge is 0.354 e. The number of aromatic nitrogens is 4. The van der Waals surface area contributed by atoms with Gasteiger partial charge >= 0.3 is 0 Å². The van der Waals surface area contributed by atoms with Crippen LogP contribution in [0.1, 0.15) is 10.6 Å². The summed E-state index contributed by atoms with van der Waals surface area (Å²) in [6.07, 6.45) is -0.481. The number of hydrogen-bond donors (Lipinski definition) is 2. The second-order valence-electron chi connectivity index (χ2n) is 2.35. The zero-order valence-corrected chi connectivity index (χ0v) is 7.85. The van der Waals surface area contributed by atoms with Gasteiger partial charge in [0.05, 0.1) is 6.54 Å². The topological polar surface area (TPSA) is 102 Å². The third-order valence-electron chi connectivity index (χ3n) is 1.50. The fraction of sp³-hybridized carbons (Fsp3) is 0.667. The van der Waals surface area contributed by atoms with Crippen LogP contribution in [0.4, 0.5) is 0 Å². The Labute approximate surface area is 80.0 Å². The number of nitrogens with zero attached hydrogens (tertiary/aromatic N) is 3. The van der Waals surface area contributed by atoms with Crippen LogP contribution in [0.3, 0.4) is 0 Å². The number of carbonyl (C=O) groups is 1. The predicted octanol–water partition coefficient (Wildman–Crippen LogP) is -1.45. The molecule has 0 aromatic carbocycles. The number of methoxy groups -OCH3 is 2. The molecular weight excluding hydrogens is 190 g/mol. The van der Waals surface area contributed by atoms with Crippen LogP contribution >= 0.6 is 0 Å². The highest BCUT2D eigenvalue weighted by atomic mass is 16.7. The Morgan fingerprint density at radius 1 is 1.57 bits per heavy atom. The summed E-state index contributed by atoms with van der Waals surface area (Å²) < 4.78 is 9.73. The minimum Gasteiger partial charge on any atom is -0.354 e. The summed E-state index contributed by atoms with van der Waals surface area (Å²) in [5.41, 5.74) is 0. The summed E-state index contributed by atoms with van der Waals surface area (Å²) in [6, 6.07) is 0. The van der Waals surface area contributed by atoms with E-state index in [1.807, 2.05) is 0 Å². The van der Waals surface area contributed by atoms with Crippen molar-refractivity contribution in [2.75, 3.05) is 20.8 Å². The van der Waals surface area contributed by atoms with E-state index in [-0.39, 0.29) is 12.4 Å². The number of ether oxygens (including phenoxy) is 2. The lowest BCUT2D eigenvalue weighted by Crippen LogP contribution is -2.34. The van der Waals surface area contributed by atoms with Crippen molar-refractivity contribution in [1.29, 1.82) is 0 Å². The van der Waals surface area contributed by atoms with Gasteiger partial charge in [-0.25, -0.2) is 0 Å². The third-order valence-corrected chi connectivity index (χ3v) is 1.50. The summed E-state index contributed by atoms with van der Waals surface area (Å²) in [6.45, 7) is 0.223. The Kier molecular flexibility index (Phi) is 3.95. The molecule has 0 fully saturated rings. The second kappa shape index (κ2) is 5.25. The minimum absolute atomic E-state index is 0.0176. The van der Waals surface area contributed by atoms with Crippen molar-refractivity contribution in [3.8, 4) is 0 Å². The van der Waals surface area contributed by atoms with Crippen molar-refractivity contribution in [3.05, 3.63) is 5.82 Å². The van der Waals surface area contributed by atoms with Crippen LogP contribution in [0.15, 0.2) is 0 Å². The SMILES string of the molecule is COC(CNC(=O)c1nn[nH]n1)OC. The van der Waals surface area contributed by atoms with Gasteiger partial charge in [-0.3, -0.25) is 4.79 Å². The molecule has 14 heavy (non-hydrogen) atoms. The van der Waals surface area contributed by atoms with E-state index in [0.717, 1.165) is 0 Å². The number of rotatable bonds is 5. The fourth-order valence-corrected chi connectivity index (χ4v) is 0.776. The molecule has 1 rings (SSSR count). The number of H-pyrrole nitrogens is 1. The van der Waals surface area contributed by atoms with Gasteiger partial charge in [-0.15, -0.1) is 10.2 Å². The molecule has 1 amide bonds. The molecule has 78 valence electrons. The normalized spacial score (nSPS) is 10.5. The average Bonchev–Trinajstić information content (AvgIpc) is 2.72. The van der Waals surface area contributed by atoms with E-state index >= 15 is 0 Å². The number of tetrazole rings is 1. The standard InChI is InChI=1S/C6H11N5O3/c1-13-4(14-2)3-7-6(12)5-8-10-11-9-5/h4H,3H2,1-2H3,(H,7,12)(H,8,9,10,11). The number of aromatic amines is 1. The van der Waals surface area contributed by atoms with Gasteiger partial charge < -0.3 is 14.8 Å². The van der Waals surface area contributed by atoms with Crippen LogP contribution in [0.2, 0.25) is 0 Å². The average molecular weight is 201 g/mol. The Balaban J connectivity index is 2.35. The molecule has 0 spiro atoms. The molecule has 1 heterocycles. The molecule has 0 aliphatic rings.